The Morgan fingerprint density at radius 1 is 1.58 bits per heavy atom. The summed E-state index contributed by atoms with van der Waals surface area (Å²) in [5, 5.41) is 34.4. The van der Waals surface area contributed by atoms with Crippen molar-refractivity contribution in [3.63, 3.8) is 0 Å². The van der Waals surface area contributed by atoms with E-state index < -0.39 is 31.1 Å². The van der Waals surface area contributed by atoms with Gasteiger partial charge in [-0.1, -0.05) is 0 Å². The van der Waals surface area contributed by atoms with Gasteiger partial charge in [0.05, 0.1) is 13.2 Å². The van der Waals surface area contributed by atoms with E-state index in [4.69, 9.17) is 20.4 Å². The fourth-order valence-corrected chi connectivity index (χ4v) is 0.367. The Morgan fingerprint density at radius 2 is 2.08 bits per heavy atom. The number of rotatable bonds is 5. The van der Waals surface area contributed by atoms with Crippen molar-refractivity contribution in [2.24, 2.45) is 0 Å². The molecule has 0 spiro atoms. The molecule has 0 aromatic rings. The smallest absolute Gasteiger partial charge is 0.341 e. The summed E-state index contributed by atoms with van der Waals surface area (Å²) in [6.07, 6.45) is -1.23. The first-order valence-corrected chi connectivity index (χ1v) is 3.29. The van der Waals surface area contributed by atoms with Crippen LogP contribution >= 0.6 is 0 Å². The molecule has 12 heavy (non-hydrogen) atoms. The average Bonchev–Trinajstić information content (AvgIpc) is 2.00. The molecule has 0 rings (SSSR count). The maximum absolute atomic E-state index is 10.4. The normalized spacial score (nSPS) is 14.4. The number of hydrogen-bond acceptors (Lipinski definition) is 6. The van der Waals surface area contributed by atoms with E-state index in [1.54, 1.807) is 0 Å². The van der Waals surface area contributed by atoms with Gasteiger partial charge in [-0.15, -0.1) is 0 Å². The number of Topliss-reactive ketones (excluding diaryl/α,β-unsaturated/α-hetero) is 1. The number of carbonyl (C=O) groups excluding carboxylic acids is 1. The third-order valence-electron chi connectivity index (χ3n) is 1.15. The first-order valence-electron chi connectivity index (χ1n) is 3.29. The molecule has 0 aliphatic heterocycles. The molecule has 4 N–H and O–H groups in total. The molecule has 0 aromatic carbocycles. The van der Waals surface area contributed by atoms with Crippen molar-refractivity contribution >= 4 is 5.78 Å². The molecular weight excluding hydrogens is 168 g/mol. The van der Waals surface area contributed by atoms with Gasteiger partial charge in [0.25, 0.3) is 0 Å². The van der Waals surface area contributed by atoms with Gasteiger partial charge in [0.15, 0.2) is 0 Å². The van der Waals surface area contributed by atoms with Gasteiger partial charge >= 0.3 is 5.97 Å². The van der Waals surface area contributed by atoms with Crippen molar-refractivity contribution in [1.29, 1.82) is 0 Å². The number of ketones is 1. The number of carbonyl (C=O) groups is 1. The number of aliphatic hydroxyl groups is 4. The van der Waals surface area contributed by atoms with Crippen LogP contribution in [0.4, 0.5) is 0 Å². The Morgan fingerprint density at radius 3 is 2.42 bits per heavy atom. The fourth-order valence-electron chi connectivity index (χ4n) is 0.367. The number of aliphatic hydroxyl groups excluding tert-OH is 2. The van der Waals surface area contributed by atoms with Crippen molar-refractivity contribution in [3.8, 4) is 0 Å². The first-order chi connectivity index (χ1) is 5.40. The minimum absolute atomic E-state index is 0.525. The molecule has 0 saturated carbocycles. The maximum atomic E-state index is 10.4. The van der Waals surface area contributed by atoms with E-state index in [1.807, 2.05) is 0 Å². The number of ether oxygens (including phenoxy) is 1. The second-order valence-electron chi connectivity index (χ2n) is 2.31. The molecular formula is C6H12O6. The van der Waals surface area contributed by atoms with Crippen molar-refractivity contribution in [1.82, 2.24) is 0 Å². The summed E-state index contributed by atoms with van der Waals surface area (Å²) in [4.78, 5) is 10.4. The van der Waals surface area contributed by atoms with E-state index >= 15 is 0 Å². The van der Waals surface area contributed by atoms with Crippen LogP contribution in [0.2, 0.25) is 0 Å². The van der Waals surface area contributed by atoms with Gasteiger partial charge in [0.2, 0.25) is 5.78 Å². The standard InChI is InChI=1S/C6H12O6/c1-4(8)6(10,11)12-3-5(9)2-7/h5,7,9-11H,2-3H2,1H3. The fraction of sp³-hybridized carbons (Fsp3) is 0.833. The quantitative estimate of drug-likeness (QED) is 0.351. The lowest BCUT2D eigenvalue weighted by Gasteiger charge is -2.19. The molecule has 6 nitrogen and oxygen atoms in total. The topological polar surface area (TPSA) is 107 Å². The molecule has 0 radical (unpaired) electrons. The second-order valence-corrected chi connectivity index (χ2v) is 2.31. The van der Waals surface area contributed by atoms with E-state index in [0.29, 0.717) is 0 Å². The predicted octanol–water partition coefficient (Wildman–Crippen LogP) is -2.42. The zero-order chi connectivity index (χ0) is 9.78. The maximum Gasteiger partial charge on any atom is 0.341 e. The Balaban J connectivity index is 3.83. The van der Waals surface area contributed by atoms with Crippen LogP contribution in [0.5, 0.6) is 0 Å². The van der Waals surface area contributed by atoms with Gasteiger partial charge in [-0.05, 0) is 0 Å². The summed E-state index contributed by atoms with van der Waals surface area (Å²) in [5.74, 6) is -3.87. The molecule has 1 unspecified atom stereocenters. The highest BCUT2D eigenvalue weighted by Crippen LogP contribution is 2.03. The summed E-state index contributed by atoms with van der Waals surface area (Å²) in [5.41, 5.74) is 0. The molecule has 0 saturated heterocycles. The molecule has 6 heteroatoms. The molecule has 0 aliphatic carbocycles. The van der Waals surface area contributed by atoms with E-state index in [9.17, 15) is 4.79 Å². The Labute approximate surface area is 69.0 Å². The summed E-state index contributed by atoms with van der Waals surface area (Å²) in [7, 11) is 0. The van der Waals surface area contributed by atoms with E-state index in [2.05, 4.69) is 4.74 Å². The highest BCUT2D eigenvalue weighted by atomic mass is 16.8. The molecule has 0 bridgehead atoms. The molecule has 0 amide bonds. The van der Waals surface area contributed by atoms with Crippen LogP contribution in [0.1, 0.15) is 6.92 Å². The van der Waals surface area contributed by atoms with Gasteiger partial charge in [-0.2, -0.15) is 0 Å². The van der Waals surface area contributed by atoms with Crippen molar-refractivity contribution < 1.29 is 30.0 Å². The van der Waals surface area contributed by atoms with Crippen molar-refractivity contribution in [3.05, 3.63) is 0 Å². The van der Waals surface area contributed by atoms with Gasteiger partial charge < -0.3 is 25.2 Å². The molecule has 1 atom stereocenters. The summed E-state index contributed by atoms with van der Waals surface area (Å²) in [6, 6.07) is 0. The van der Waals surface area contributed by atoms with Crippen LogP contribution in [0.25, 0.3) is 0 Å². The summed E-state index contributed by atoms with van der Waals surface area (Å²) < 4.78 is 4.20. The molecule has 0 aliphatic rings. The van der Waals surface area contributed by atoms with Crippen molar-refractivity contribution in [2.45, 2.75) is 19.0 Å². The van der Waals surface area contributed by atoms with Crippen LogP contribution in [0.3, 0.4) is 0 Å². The SMILES string of the molecule is CC(=O)C(O)(O)OCC(O)CO. The van der Waals surface area contributed by atoms with Crippen LogP contribution < -0.4 is 0 Å². The predicted molar refractivity (Wildman–Crippen MR) is 36.9 cm³/mol. The molecule has 0 aromatic heterocycles. The molecule has 0 heterocycles. The number of hydrogen-bond donors (Lipinski definition) is 4. The van der Waals surface area contributed by atoms with Gasteiger partial charge in [0, 0.05) is 6.92 Å². The van der Waals surface area contributed by atoms with Crippen LogP contribution in [-0.4, -0.2) is 51.5 Å². The third-order valence-corrected chi connectivity index (χ3v) is 1.15. The van der Waals surface area contributed by atoms with E-state index in [-0.39, 0.29) is 0 Å². The minimum Gasteiger partial charge on any atom is -0.394 e. The lowest BCUT2D eigenvalue weighted by Crippen LogP contribution is -2.42. The lowest BCUT2D eigenvalue weighted by atomic mass is 10.3. The third kappa shape index (κ3) is 3.74. The monoisotopic (exact) mass is 180 g/mol. The van der Waals surface area contributed by atoms with E-state index in [0.717, 1.165) is 6.92 Å². The first kappa shape index (κ1) is 11.5. The van der Waals surface area contributed by atoms with Gasteiger partial charge in [0.1, 0.15) is 6.10 Å². The van der Waals surface area contributed by atoms with Crippen LogP contribution in [0.15, 0.2) is 0 Å². The van der Waals surface area contributed by atoms with Gasteiger partial charge in [-0.3, -0.25) is 4.79 Å². The van der Waals surface area contributed by atoms with Crippen LogP contribution in [0, 0.1) is 0 Å². The molecule has 0 fully saturated rings. The van der Waals surface area contributed by atoms with E-state index in [1.165, 1.54) is 0 Å². The lowest BCUT2D eigenvalue weighted by molar-refractivity contribution is -0.316. The summed E-state index contributed by atoms with van der Waals surface area (Å²) in [6.45, 7) is -0.178. The van der Waals surface area contributed by atoms with Gasteiger partial charge in [-0.25, -0.2) is 0 Å². The highest BCUT2D eigenvalue weighted by Gasteiger charge is 2.31. The Bertz CT molecular complexity index is 154. The average molecular weight is 180 g/mol. The summed E-state index contributed by atoms with van der Waals surface area (Å²) >= 11 is 0. The largest absolute Gasteiger partial charge is 0.394 e. The molecule has 72 valence electrons. The minimum atomic E-state index is -2.88. The Kier molecular flexibility index (Phi) is 4.29. The van der Waals surface area contributed by atoms with Crippen molar-refractivity contribution in [2.75, 3.05) is 13.2 Å². The zero-order valence-corrected chi connectivity index (χ0v) is 6.60. The van der Waals surface area contributed by atoms with Crippen LogP contribution in [-0.2, 0) is 9.53 Å². The zero-order valence-electron chi connectivity index (χ0n) is 6.60. The second kappa shape index (κ2) is 4.48. The highest BCUT2D eigenvalue weighted by molar-refractivity contribution is 5.81. The Hall–Kier alpha value is -0.530.